The van der Waals surface area contributed by atoms with Crippen LogP contribution in [0, 0.1) is 6.92 Å². The van der Waals surface area contributed by atoms with E-state index in [0.717, 1.165) is 34.4 Å². The summed E-state index contributed by atoms with van der Waals surface area (Å²) >= 11 is 3.52. The normalized spacial score (nSPS) is 10.8. The fourth-order valence-corrected chi connectivity index (χ4v) is 3.34. The zero-order valence-corrected chi connectivity index (χ0v) is 13.7. The molecule has 21 heavy (non-hydrogen) atoms. The number of nitrogens with zero attached hydrogens (tertiary/aromatic N) is 2. The Morgan fingerprint density at radius 1 is 1.52 bits per heavy atom. The van der Waals surface area contributed by atoms with Crippen molar-refractivity contribution in [2.45, 2.75) is 19.9 Å². The number of ether oxygens (including phenoxy) is 1. The molecule has 2 aromatic rings. The Balaban J connectivity index is 2.55. The number of amides is 1. The number of hydrogen-bond donors (Lipinski definition) is 1. The largest absolute Gasteiger partial charge is 0.385 e. The SMILES string of the molecule is COCCCn1c(C)c(C(N)=O)c(Br)c1-c1cccnc1. The zero-order valence-electron chi connectivity index (χ0n) is 12.1. The highest BCUT2D eigenvalue weighted by atomic mass is 79.9. The number of nitrogens with two attached hydrogens (primary N) is 1. The number of pyridine rings is 1. The van der Waals surface area contributed by atoms with E-state index in [0.29, 0.717) is 12.2 Å². The molecule has 2 heterocycles. The lowest BCUT2D eigenvalue weighted by Crippen LogP contribution is -2.13. The van der Waals surface area contributed by atoms with Crippen molar-refractivity contribution in [2.75, 3.05) is 13.7 Å². The Morgan fingerprint density at radius 2 is 2.29 bits per heavy atom. The molecule has 0 unspecified atom stereocenters. The van der Waals surface area contributed by atoms with E-state index in [1.54, 1.807) is 19.5 Å². The molecule has 0 aromatic carbocycles. The first-order chi connectivity index (χ1) is 10.1. The third-order valence-corrected chi connectivity index (χ3v) is 4.15. The van der Waals surface area contributed by atoms with Gasteiger partial charge in [-0.05, 0) is 41.4 Å². The molecule has 0 aliphatic carbocycles. The van der Waals surface area contributed by atoms with Crippen molar-refractivity contribution in [3.8, 4) is 11.3 Å². The molecule has 2 rings (SSSR count). The second-order valence-corrected chi connectivity index (χ2v) is 5.52. The quantitative estimate of drug-likeness (QED) is 0.813. The molecule has 0 spiro atoms. The molecule has 6 heteroatoms. The van der Waals surface area contributed by atoms with Gasteiger partial charge in [0.2, 0.25) is 0 Å². The highest BCUT2D eigenvalue weighted by Gasteiger charge is 2.22. The van der Waals surface area contributed by atoms with Crippen molar-refractivity contribution in [3.63, 3.8) is 0 Å². The predicted molar refractivity (Wildman–Crippen MR) is 85.1 cm³/mol. The van der Waals surface area contributed by atoms with Crippen LogP contribution in [0.1, 0.15) is 22.5 Å². The molecule has 0 bridgehead atoms. The van der Waals surface area contributed by atoms with Crippen LogP contribution in [0.25, 0.3) is 11.3 Å². The number of aromatic nitrogens is 2. The third-order valence-electron chi connectivity index (χ3n) is 3.38. The van der Waals surface area contributed by atoms with Crippen molar-refractivity contribution in [3.05, 3.63) is 40.3 Å². The maximum atomic E-state index is 11.7. The monoisotopic (exact) mass is 351 g/mol. The number of methoxy groups -OCH3 is 1. The van der Waals surface area contributed by atoms with Gasteiger partial charge in [-0.2, -0.15) is 0 Å². The van der Waals surface area contributed by atoms with Crippen molar-refractivity contribution < 1.29 is 9.53 Å². The Bertz CT molecular complexity index is 638. The van der Waals surface area contributed by atoms with Gasteiger partial charge in [-0.15, -0.1) is 0 Å². The van der Waals surface area contributed by atoms with E-state index in [9.17, 15) is 4.79 Å². The minimum absolute atomic E-state index is 0.435. The lowest BCUT2D eigenvalue weighted by molar-refractivity contribution is 0.0999. The van der Waals surface area contributed by atoms with E-state index in [1.165, 1.54) is 0 Å². The van der Waals surface area contributed by atoms with Crippen LogP contribution in [0.2, 0.25) is 0 Å². The second kappa shape index (κ2) is 6.87. The summed E-state index contributed by atoms with van der Waals surface area (Å²) in [6, 6.07) is 3.83. The first-order valence-corrected chi connectivity index (χ1v) is 7.45. The van der Waals surface area contributed by atoms with Crippen LogP contribution in [0.15, 0.2) is 29.0 Å². The molecule has 0 aliphatic rings. The summed E-state index contributed by atoms with van der Waals surface area (Å²) in [4.78, 5) is 15.9. The molecule has 0 saturated heterocycles. The van der Waals surface area contributed by atoms with Crippen LogP contribution >= 0.6 is 15.9 Å². The maximum absolute atomic E-state index is 11.7. The molecule has 0 radical (unpaired) electrons. The van der Waals surface area contributed by atoms with E-state index < -0.39 is 5.91 Å². The molecule has 5 nitrogen and oxygen atoms in total. The summed E-state index contributed by atoms with van der Waals surface area (Å²) in [5.41, 5.74) is 8.74. The van der Waals surface area contributed by atoms with Gasteiger partial charge in [0, 0.05) is 43.9 Å². The molecule has 2 N–H and O–H groups in total. The van der Waals surface area contributed by atoms with Crippen LogP contribution < -0.4 is 5.73 Å². The van der Waals surface area contributed by atoms with Gasteiger partial charge in [0.25, 0.3) is 5.91 Å². The third kappa shape index (κ3) is 3.16. The van der Waals surface area contributed by atoms with E-state index in [-0.39, 0.29) is 0 Å². The highest BCUT2D eigenvalue weighted by molar-refractivity contribution is 9.10. The predicted octanol–water partition coefficient (Wildman–Crippen LogP) is 2.76. The summed E-state index contributed by atoms with van der Waals surface area (Å²) < 4.78 is 7.91. The molecule has 0 fully saturated rings. The minimum atomic E-state index is -0.435. The number of rotatable bonds is 6. The lowest BCUT2D eigenvalue weighted by Gasteiger charge is -2.11. The fourth-order valence-electron chi connectivity index (χ4n) is 2.42. The van der Waals surface area contributed by atoms with Crippen LogP contribution in [0.4, 0.5) is 0 Å². The van der Waals surface area contributed by atoms with Gasteiger partial charge >= 0.3 is 0 Å². The zero-order chi connectivity index (χ0) is 15.4. The van der Waals surface area contributed by atoms with Crippen LogP contribution in [0.3, 0.4) is 0 Å². The summed E-state index contributed by atoms with van der Waals surface area (Å²) in [6.45, 7) is 3.31. The fraction of sp³-hybridized carbons (Fsp3) is 0.333. The minimum Gasteiger partial charge on any atom is -0.385 e. The summed E-state index contributed by atoms with van der Waals surface area (Å²) in [6.07, 6.45) is 4.35. The number of carbonyl (C=O) groups excluding carboxylic acids is 1. The van der Waals surface area contributed by atoms with Crippen molar-refractivity contribution in [2.24, 2.45) is 5.73 Å². The number of carbonyl (C=O) groups is 1. The number of halogens is 1. The smallest absolute Gasteiger partial charge is 0.251 e. The van der Waals surface area contributed by atoms with Gasteiger partial charge in [0.1, 0.15) is 0 Å². The summed E-state index contributed by atoms with van der Waals surface area (Å²) in [5, 5.41) is 0. The second-order valence-electron chi connectivity index (χ2n) is 4.73. The van der Waals surface area contributed by atoms with Crippen LogP contribution in [0.5, 0.6) is 0 Å². The Labute approximate surface area is 132 Å². The molecular formula is C15H18BrN3O2. The average Bonchev–Trinajstić information content (AvgIpc) is 2.71. The van der Waals surface area contributed by atoms with Crippen LogP contribution in [-0.4, -0.2) is 29.2 Å². The van der Waals surface area contributed by atoms with E-state index >= 15 is 0 Å². The van der Waals surface area contributed by atoms with Gasteiger partial charge < -0.3 is 15.0 Å². The Kier molecular flexibility index (Phi) is 5.14. The van der Waals surface area contributed by atoms with Crippen molar-refractivity contribution >= 4 is 21.8 Å². The summed E-state index contributed by atoms with van der Waals surface area (Å²) in [5.74, 6) is -0.435. The highest BCUT2D eigenvalue weighted by Crippen LogP contribution is 2.35. The molecule has 0 aliphatic heterocycles. The van der Waals surface area contributed by atoms with Gasteiger partial charge in [-0.3, -0.25) is 9.78 Å². The van der Waals surface area contributed by atoms with Gasteiger partial charge in [-0.25, -0.2) is 0 Å². The van der Waals surface area contributed by atoms with E-state index in [4.69, 9.17) is 10.5 Å². The maximum Gasteiger partial charge on any atom is 0.251 e. The van der Waals surface area contributed by atoms with Crippen molar-refractivity contribution in [1.82, 2.24) is 9.55 Å². The first kappa shape index (κ1) is 15.7. The molecule has 0 saturated carbocycles. The molecule has 112 valence electrons. The lowest BCUT2D eigenvalue weighted by atomic mass is 10.2. The molecular weight excluding hydrogens is 334 g/mol. The first-order valence-electron chi connectivity index (χ1n) is 6.65. The van der Waals surface area contributed by atoms with Crippen molar-refractivity contribution in [1.29, 1.82) is 0 Å². The van der Waals surface area contributed by atoms with E-state index in [2.05, 4.69) is 25.5 Å². The number of primary amides is 1. The topological polar surface area (TPSA) is 70.1 Å². The van der Waals surface area contributed by atoms with Gasteiger partial charge in [0.05, 0.1) is 15.7 Å². The Morgan fingerprint density at radius 3 is 2.86 bits per heavy atom. The molecule has 1 amide bonds. The molecule has 0 atom stereocenters. The van der Waals surface area contributed by atoms with Crippen LogP contribution in [-0.2, 0) is 11.3 Å². The van der Waals surface area contributed by atoms with Gasteiger partial charge in [-0.1, -0.05) is 0 Å². The van der Waals surface area contributed by atoms with E-state index in [1.807, 2.05) is 19.1 Å². The molecule has 2 aromatic heterocycles. The summed E-state index contributed by atoms with van der Waals surface area (Å²) in [7, 11) is 1.68. The van der Waals surface area contributed by atoms with Gasteiger partial charge in [0.15, 0.2) is 0 Å². The average molecular weight is 352 g/mol. The standard InChI is InChI=1S/C15H18BrN3O2/c1-10-12(15(17)20)13(16)14(11-5-3-6-18-9-11)19(10)7-4-8-21-2/h3,5-6,9H,4,7-8H2,1-2H3,(H2,17,20). The Hall–Kier alpha value is -1.66. The number of hydrogen-bond acceptors (Lipinski definition) is 3.